The van der Waals surface area contributed by atoms with Crippen molar-refractivity contribution < 1.29 is 9.53 Å². The number of likely N-dealkylation sites (N-methyl/N-ethyl adjacent to an activating group) is 1. The predicted octanol–water partition coefficient (Wildman–Crippen LogP) is 2.02. The standard InChI is InChI=1S/C17H27N3O2/c1-20-12-4-6-15(13-20)19-17(21)18-11-3-5-14-7-9-16(22-2)10-8-14/h7-10,15H,3-6,11-13H2,1-2H3,(H2,18,19,21)/t15-/m1/s1. The average Bonchev–Trinajstić information content (AvgIpc) is 2.52. The van der Waals surface area contributed by atoms with Gasteiger partial charge in [0.1, 0.15) is 5.75 Å². The third-order valence-corrected chi connectivity index (χ3v) is 4.05. The Balaban J connectivity index is 1.60. The molecule has 0 bridgehead atoms. The molecule has 0 radical (unpaired) electrons. The Labute approximate surface area is 133 Å². The molecule has 0 saturated carbocycles. The Morgan fingerprint density at radius 1 is 1.36 bits per heavy atom. The minimum atomic E-state index is -0.0463. The van der Waals surface area contributed by atoms with E-state index in [1.54, 1.807) is 7.11 Å². The van der Waals surface area contributed by atoms with Crippen molar-refractivity contribution in [3.05, 3.63) is 29.8 Å². The first-order valence-electron chi connectivity index (χ1n) is 8.03. The Bertz CT molecular complexity index is 461. The second-order valence-corrected chi connectivity index (χ2v) is 5.95. The highest BCUT2D eigenvalue weighted by molar-refractivity contribution is 5.74. The Hall–Kier alpha value is -1.75. The molecule has 22 heavy (non-hydrogen) atoms. The summed E-state index contributed by atoms with van der Waals surface area (Å²) in [6, 6.07) is 8.30. The van der Waals surface area contributed by atoms with Crippen molar-refractivity contribution >= 4 is 6.03 Å². The quantitative estimate of drug-likeness (QED) is 0.791. The van der Waals surface area contributed by atoms with E-state index in [4.69, 9.17) is 4.74 Å². The van der Waals surface area contributed by atoms with Crippen molar-refractivity contribution in [2.75, 3.05) is 33.8 Å². The normalized spacial score (nSPS) is 18.7. The van der Waals surface area contributed by atoms with E-state index >= 15 is 0 Å². The van der Waals surface area contributed by atoms with Crippen LogP contribution in [0.4, 0.5) is 4.79 Å². The van der Waals surface area contributed by atoms with Crippen LogP contribution in [0.25, 0.3) is 0 Å². The van der Waals surface area contributed by atoms with Crippen molar-refractivity contribution in [2.45, 2.75) is 31.7 Å². The van der Waals surface area contributed by atoms with Crippen LogP contribution < -0.4 is 15.4 Å². The Morgan fingerprint density at radius 2 is 2.14 bits per heavy atom. The first-order valence-corrected chi connectivity index (χ1v) is 8.03. The Morgan fingerprint density at radius 3 is 2.82 bits per heavy atom. The summed E-state index contributed by atoms with van der Waals surface area (Å²) < 4.78 is 5.14. The molecule has 122 valence electrons. The van der Waals surface area contributed by atoms with E-state index < -0.39 is 0 Å². The lowest BCUT2D eigenvalue weighted by Crippen LogP contribution is -2.49. The van der Waals surface area contributed by atoms with Crippen molar-refractivity contribution in [3.63, 3.8) is 0 Å². The molecule has 0 spiro atoms. The number of carbonyl (C=O) groups excluding carboxylic acids is 1. The highest BCUT2D eigenvalue weighted by Crippen LogP contribution is 2.12. The lowest BCUT2D eigenvalue weighted by Gasteiger charge is -2.30. The number of ether oxygens (including phenoxy) is 1. The van der Waals surface area contributed by atoms with Crippen LogP contribution >= 0.6 is 0 Å². The fourth-order valence-corrected chi connectivity index (χ4v) is 2.81. The van der Waals surface area contributed by atoms with Gasteiger partial charge < -0.3 is 20.3 Å². The van der Waals surface area contributed by atoms with E-state index in [1.165, 1.54) is 5.56 Å². The SMILES string of the molecule is COc1ccc(CCCNC(=O)N[C@@H]2CCCN(C)C2)cc1. The molecule has 1 aromatic rings. The molecule has 1 fully saturated rings. The van der Waals surface area contributed by atoms with Gasteiger partial charge in [-0.1, -0.05) is 12.1 Å². The van der Waals surface area contributed by atoms with E-state index in [0.29, 0.717) is 6.54 Å². The summed E-state index contributed by atoms with van der Waals surface area (Å²) in [4.78, 5) is 14.1. The molecule has 1 saturated heterocycles. The number of urea groups is 1. The Kier molecular flexibility index (Phi) is 6.52. The number of nitrogens with one attached hydrogen (secondary N) is 2. The van der Waals surface area contributed by atoms with Gasteiger partial charge in [0.15, 0.2) is 0 Å². The van der Waals surface area contributed by atoms with E-state index in [9.17, 15) is 4.79 Å². The summed E-state index contributed by atoms with van der Waals surface area (Å²) >= 11 is 0. The minimum absolute atomic E-state index is 0.0463. The summed E-state index contributed by atoms with van der Waals surface area (Å²) in [6.07, 6.45) is 4.11. The van der Waals surface area contributed by atoms with E-state index in [1.807, 2.05) is 12.1 Å². The van der Waals surface area contributed by atoms with E-state index in [0.717, 1.165) is 44.5 Å². The van der Waals surface area contributed by atoms with Crippen molar-refractivity contribution in [2.24, 2.45) is 0 Å². The molecule has 1 aliphatic rings. The molecule has 2 N–H and O–H groups in total. The number of likely N-dealkylation sites (tertiary alicyclic amines) is 1. The minimum Gasteiger partial charge on any atom is -0.497 e. The third kappa shape index (κ3) is 5.56. The summed E-state index contributed by atoms with van der Waals surface area (Å²) in [5.74, 6) is 0.874. The lowest BCUT2D eigenvalue weighted by molar-refractivity contribution is 0.209. The molecule has 0 aliphatic carbocycles. The monoisotopic (exact) mass is 305 g/mol. The largest absolute Gasteiger partial charge is 0.497 e. The molecule has 0 unspecified atom stereocenters. The van der Waals surface area contributed by atoms with Gasteiger partial charge in [-0.25, -0.2) is 4.79 Å². The van der Waals surface area contributed by atoms with Crippen LogP contribution in [0.2, 0.25) is 0 Å². The zero-order valence-corrected chi connectivity index (χ0v) is 13.6. The van der Waals surface area contributed by atoms with Crippen molar-refractivity contribution in [1.29, 1.82) is 0 Å². The average molecular weight is 305 g/mol. The fraction of sp³-hybridized carbons (Fsp3) is 0.588. The number of hydrogen-bond acceptors (Lipinski definition) is 3. The van der Waals surface area contributed by atoms with Crippen molar-refractivity contribution in [1.82, 2.24) is 15.5 Å². The number of aryl methyl sites for hydroxylation is 1. The maximum absolute atomic E-state index is 11.9. The molecule has 2 amide bonds. The van der Waals surface area contributed by atoms with Gasteiger partial charge >= 0.3 is 6.03 Å². The number of amides is 2. The smallest absolute Gasteiger partial charge is 0.315 e. The van der Waals surface area contributed by atoms with Crippen LogP contribution in [-0.4, -0.2) is 50.8 Å². The maximum atomic E-state index is 11.9. The van der Waals surface area contributed by atoms with Gasteiger partial charge in [0.05, 0.1) is 7.11 Å². The van der Waals surface area contributed by atoms with Crippen LogP contribution in [0, 0.1) is 0 Å². The summed E-state index contributed by atoms with van der Waals surface area (Å²) in [7, 11) is 3.77. The molecule has 0 aromatic heterocycles. The number of nitrogens with zero attached hydrogens (tertiary/aromatic N) is 1. The van der Waals surface area contributed by atoms with Gasteiger partial charge in [-0.15, -0.1) is 0 Å². The van der Waals surface area contributed by atoms with Gasteiger partial charge in [0.2, 0.25) is 0 Å². The van der Waals surface area contributed by atoms with Gasteiger partial charge in [0, 0.05) is 19.1 Å². The second kappa shape index (κ2) is 8.63. The molecule has 5 nitrogen and oxygen atoms in total. The number of benzene rings is 1. The molecule has 5 heteroatoms. The lowest BCUT2D eigenvalue weighted by atomic mass is 10.1. The van der Waals surface area contributed by atoms with Gasteiger partial charge in [0.25, 0.3) is 0 Å². The fourth-order valence-electron chi connectivity index (χ4n) is 2.81. The maximum Gasteiger partial charge on any atom is 0.315 e. The zero-order valence-electron chi connectivity index (χ0n) is 13.6. The van der Waals surface area contributed by atoms with Crippen LogP contribution in [0.5, 0.6) is 5.75 Å². The topological polar surface area (TPSA) is 53.6 Å². The summed E-state index contributed by atoms with van der Waals surface area (Å²) in [5.41, 5.74) is 1.26. The van der Waals surface area contributed by atoms with E-state index in [-0.39, 0.29) is 12.1 Å². The first kappa shape index (κ1) is 16.6. The number of hydrogen-bond donors (Lipinski definition) is 2. The molecule has 1 atom stereocenters. The summed E-state index contributed by atoms with van der Waals surface area (Å²) in [5, 5.41) is 6.00. The summed E-state index contributed by atoms with van der Waals surface area (Å²) in [6.45, 7) is 2.77. The zero-order chi connectivity index (χ0) is 15.8. The predicted molar refractivity (Wildman–Crippen MR) is 88.4 cm³/mol. The van der Waals surface area contributed by atoms with Crippen LogP contribution in [0.3, 0.4) is 0 Å². The number of methoxy groups -OCH3 is 1. The van der Waals surface area contributed by atoms with Crippen LogP contribution in [0.1, 0.15) is 24.8 Å². The molecule has 1 heterocycles. The van der Waals surface area contributed by atoms with Gasteiger partial charge in [-0.2, -0.15) is 0 Å². The van der Waals surface area contributed by atoms with E-state index in [2.05, 4.69) is 34.7 Å². The molecule has 2 rings (SSSR count). The highest BCUT2D eigenvalue weighted by atomic mass is 16.5. The van der Waals surface area contributed by atoms with Crippen LogP contribution in [-0.2, 0) is 6.42 Å². The van der Waals surface area contributed by atoms with Gasteiger partial charge in [-0.05, 0) is 57.0 Å². The molecular formula is C17H27N3O2. The van der Waals surface area contributed by atoms with Crippen molar-refractivity contribution in [3.8, 4) is 5.75 Å². The number of rotatable bonds is 6. The molecule has 1 aromatic carbocycles. The number of piperidine rings is 1. The number of carbonyl (C=O) groups is 1. The third-order valence-electron chi connectivity index (χ3n) is 4.05. The van der Waals surface area contributed by atoms with Gasteiger partial charge in [-0.3, -0.25) is 0 Å². The second-order valence-electron chi connectivity index (χ2n) is 5.95. The van der Waals surface area contributed by atoms with Crippen LogP contribution in [0.15, 0.2) is 24.3 Å². The molecule has 1 aliphatic heterocycles. The highest BCUT2D eigenvalue weighted by Gasteiger charge is 2.18. The first-order chi connectivity index (χ1) is 10.7. The molecular weight excluding hydrogens is 278 g/mol.